The fourth-order valence-corrected chi connectivity index (χ4v) is 2.99. The summed E-state index contributed by atoms with van der Waals surface area (Å²) in [4.78, 5) is 25.8. The zero-order valence-corrected chi connectivity index (χ0v) is 13.5. The first-order valence-corrected chi connectivity index (χ1v) is 8.18. The van der Waals surface area contributed by atoms with E-state index in [1.165, 1.54) is 24.4 Å². The number of amides is 1. The number of nitrogens with one attached hydrogen (secondary N) is 2. The number of hydrogen-bond acceptors (Lipinski definition) is 3. The fraction of sp³-hybridized carbons (Fsp3) is 0.333. The Morgan fingerprint density at radius 3 is 2.60 bits per heavy atom. The second kappa shape index (κ2) is 7.38. The molecule has 1 heterocycles. The molecule has 0 spiro atoms. The van der Waals surface area contributed by atoms with Gasteiger partial charge in [-0.05, 0) is 49.6 Å². The molecule has 132 valence electrons. The van der Waals surface area contributed by atoms with Crippen molar-refractivity contribution in [3.05, 3.63) is 53.6 Å². The molecule has 1 amide bonds. The van der Waals surface area contributed by atoms with Crippen LogP contribution in [-0.2, 0) is 0 Å². The van der Waals surface area contributed by atoms with Gasteiger partial charge in [0.15, 0.2) is 0 Å². The number of aromatic carboxylic acids is 1. The molecule has 0 unspecified atom stereocenters. The predicted octanol–water partition coefficient (Wildman–Crippen LogP) is 2.97. The van der Waals surface area contributed by atoms with Crippen molar-refractivity contribution >= 4 is 11.9 Å². The molecule has 1 aromatic heterocycles. The maximum Gasteiger partial charge on any atom is 0.352 e. The summed E-state index contributed by atoms with van der Waals surface area (Å²) in [5.41, 5.74) is 0.233. The van der Waals surface area contributed by atoms with Crippen LogP contribution in [0.2, 0.25) is 0 Å². The fourth-order valence-electron chi connectivity index (χ4n) is 2.99. The van der Waals surface area contributed by atoms with Crippen LogP contribution in [0.3, 0.4) is 0 Å². The Labute approximate surface area is 144 Å². The predicted molar refractivity (Wildman–Crippen MR) is 88.3 cm³/mol. The van der Waals surface area contributed by atoms with E-state index < -0.39 is 5.97 Å². The lowest BCUT2D eigenvalue weighted by molar-refractivity contribution is 0.0691. The van der Waals surface area contributed by atoms with E-state index in [2.05, 4.69) is 10.3 Å². The minimum absolute atomic E-state index is 0.0343. The number of aromatic nitrogens is 1. The van der Waals surface area contributed by atoms with Gasteiger partial charge >= 0.3 is 5.97 Å². The van der Waals surface area contributed by atoms with Crippen LogP contribution < -0.4 is 10.1 Å². The molecule has 0 bridgehead atoms. The maximum atomic E-state index is 13.0. The Morgan fingerprint density at radius 2 is 1.92 bits per heavy atom. The van der Waals surface area contributed by atoms with Gasteiger partial charge in [-0.2, -0.15) is 0 Å². The van der Waals surface area contributed by atoms with Crippen molar-refractivity contribution in [1.29, 1.82) is 0 Å². The molecule has 7 heteroatoms. The Kier molecular flexibility index (Phi) is 5.02. The normalized spacial score (nSPS) is 20.0. The molecule has 3 N–H and O–H groups in total. The summed E-state index contributed by atoms with van der Waals surface area (Å²) in [5, 5.41) is 11.8. The van der Waals surface area contributed by atoms with Gasteiger partial charge in [-0.3, -0.25) is 4.79 Å². The van der Waals surface area contributed by atoms with Crippen LogP contribution in [-0.4, -0.2) is 34.1 Å². The number of carbonyl (C=O) groups excluding carboxylic acids is 1. The lowest BCUT2D eigenvalue weighted by atomic mass is 9.92. The minimum Gasteiger partial charge on any atom is -0.488 e. The average molecular weight is 346 g/mol. The number of halogens is 1. The second-order valence-electron chi connectivity index (χ2n) is 6.08. The standard InChI is InChI=1S/C18H19FN2O4/c19-12-5-7-13(8-6-12)25-16-4-2-1-3-14(16)21-17(22)11-9-15(18(23)24)20-10-11/h5-10,14,16,20H,1-4H2,(H,21,22)(H,23,24)/t14-,16+/m1/s1. The van der Waals surface area contributed by atoms with Crippen LogP contribution in [0.25, 0.3) is 0 Å². The van der Waals surface area contributed by atoms with Crippen molar-refractivity contribution in [2.24, 2.45) is 0 Å². The van der Waals surface area contributed by atoms with Crippen LogP contribution in [0, 0.1) is 5.82 Å². The van der Waals surface area contributed by atoms with Crippen LogP contribution >= 0.6 is 0 Å². The molecule has 2 aromatic rings. The van der Waals surface area contributed by atoms with Gasteiger partial charge in [-0.15, -0.1) is 0 Å². The molecule has 1 aliphatic carbocycles. The third-order valence-corrected chi connectivity index (χ3v) is 4.30. The summed E-state index contributed by atoms with van der Waals surface area (Å²) >= 11 is 0. The van der Waals surface area contributed by atoms with Crippen LogP contribution in [0.4, 0.5) is 4.39 Å². The Balaban J connectivity index is 1.66. The number of H-pyrrole nitrogens is 1. The topological polar surface area (TPSA) is 91.4 Å². The van der Waals surface area contributed by atoms with Gasteiger partial charge < -0.3 is 20.1 Å². The quantitative estimate of drug-likeness (QED) is 0.776. The Morgan fingerprint density at radius 1 is 1.20 bits per heavy atom. The minimum atomic E-state index is -1.12. The molecule has 6 nitrogen and oxygen atoms in total. The number of benzene rings is 1. The van der Waals surface area contributed by atoms with E-state index in [0.29, 0.717) is 5.75 Å². The SMILES string of the molecule is O=C(N[C@@H]1CCCC[C@@H]1Oc1ccc(F)cc1)c1c[nH]c(C(=O)O)c1. The van der Waals surface area contributed by atoms with Crippen LogP contribution in [0.15, 0.2) is 36.5 Å². The first-order valence-electron chi connectivity index (χ1n) is 8.18. The molecule has 1 aliphatic rings. The number of aromatic amines is 1. The molecular weight excluding hydrogens is 327 g/mol. The number of hydrogen-bond donors (Lipinski definition) is 3. The molecule has 25 heavy (non-hydrogen) atoms. The second-order valence-corrected chi connectivity index (χ2v) is 6.08. The van der Waals surface area contributed by atoms with Gasteiger partial charge in [0, 0.05) is 6.20 Å². The first kappa shape index (κ1) is 17.0. The monoisotopic (exact) mass is 346 g/mol. The molecule has 1 saturated carbocycles. The number of ether oxygens (including phenoxy) is 1. The smallest absolute Gasteiger partial charge is 0.352 e. The van der Waals surface area contributed by atoms with Crippen LogP contribution in [0.5, 0.6) is 5.75 Å². The summed E-state index contributed by atoms with van der Waals surface area (Å²) in [6.07, 6.45) is 4.69. The third-order valence-electron chi connectivity index (χ3n) is 4.30. The van der Waals surface area contributed by atoms with Crippen molar-refractivity contribution in [1.82, 2.24) is 10.3 Å². The summed E-state index contributed by atoms with van der Waals surface area (Å²) in [6.45, 7) is 0. The first-order chi connectivity index (χ1) is 12.0. The van der Waals surface area contributed by atoms with Gasteiger partial charge in [0.25, 0.3) is 5.91 Å². The molecule has 0 aliphatic heterocycles. The summed E-state index contributed by atoms with van der Waals surface area (Å²) < 4.78 is 18.9. The van der Waals surface area contributed by atoms with E-state index in [9.17, 15) is 14.0 Å². The van der Waals surface area contributed by atoms with Crippen LogP contribution in [0.1, 0.15) is 46.5 Å². The van der Waals surface area contributed by atoms with Crippen molar-refractivity contribution in [2.75, 3.05) is 0 Å². The van der Waals surface area contributed by atoms with Gasteiger partial charge in [-0.25, -0.2) is 9.18 Å². The van der Waals surface area contributed by atoms with Gasteiger partial charge in [-0.1, -0.05) is 6.42 Å². The van der Waals surface area contributed by atoms with Crippen molar-refractivity contribution in [2.45, 2.75) is 37.8 Å². The molecule has 1 fully saturated rings. The summed E-state index contributed by atoms with van der Waals surface area (Å²) in [7, 11) is 0. The van der Waals surface area contributed by atoms with E-state index in [1.807, 2.05) is 0 Å². The van der Waals surface area contributed by atoms with Gasteiger partial charge in [0.05, 0.1) is 11.6 Å². The molecule has 0 radical (unpaired) electrons. The Hall–Kier alpha value is -2.83. The van der Waals surface area contributed by atoms with Crippen molar-refractivity contribution < 1.29 is 23.8 Å². The zero-order chi connectivity index (χ0) is 17.8. The van der Waals surface area contributed by atoms with Crippen molar-refractivity contribution in [3.8, 4) is 5.75 Å². The maximum absolute atomic E-state index is 13.0. The number of carbonyl (C=O) groups is 2. The third kappa shape index (κ3) is 4.17. The highest BCUT2D eigenvalue weighted by molar-refractivity contribution is 5.97. The summed E-state index contributed by atoms with van der Waals surface area (Å²) in [6, 6.07) is 6.91. The molecular formula is C18H19FN2O4. The van der Waals surface area contributed by atoms with E-state index in [1.54, 1.807) is 12.1 Å². The van der Waals surface area contributed by atoms with E-state index in [4.69, 9.17) is 9.84 Å². The largest absolute Gasteiger partial charge is 0.488 e. The Bertz CT molecular complexity index is 757. The number of rotatable bonds is 5. The molecule has 3 rings (SSSR count). The highest BCUT2D eigenvalue weighted by Crippen LogP contribution is 2.24. The van der Waals surface area contributed by atoms with Crippen molar-refractivity contribution in [3.63, 3.8) is 0 Å². The zero-order valence-electron chi connectivity index (χ0n) is 13.5. The lowest BCUT2D eigenvalue weighted by Crippen LogP contribution is -2.47. The number of carboxylic acids is 1. The van der Waals surface area contributed by atoms with E-state index >= 15 is 0 Å². The summed E-state index contributed by atoms with van der Waals surface area (Å²) in [5.74, 6) is -1.23. The average Bonchev–Trinajstić information content (AvgIpc) is 3.09. The van der Waals surface area contributed by atoms with Gasteiger partial charge in [0.1, 0.15) is 23.4 Å². The number of carboxylic acid groups (broad SMARTS) is 1. The van der Waals surface area contributed by atoms with Gasteiger partial charge in [0.2, 0.25) is 0 Å². The lowest BCUT2D eigenvalue weighted by Gasteiger charge is -2.32. The highest BCUT2D eigenvalue weighted by atomic mass is 19.1. The molecule has 2 atom stereocenters. The van der Waals surface area contributed by atoms with E-state index in [-0.39, 0.29) is 35.1 Å². The highest BCUT2D eigenvalue weighted by Gasteiger charge is 2.29. The molecule has 0 saturated heterocycles. The van der Waals surface area contributed by atoms with E-state index in [0.717, 1.165) is 25.7 Å². The molecule has 1 aromatic carbocycles.